The first kappa shape index (κ1) is 27.8. The zero-order valence-electron chi connectivity index (χ0n) is 21.1. The molecular formula is C29H32BrClN2O3. The molecule has 3 aromatic rings. The number of halogens is 2. The van der Waals surface area contributed by atoms with Gasteiger partial charge in [0.25, 0.3) is 5.91 Å². The molecule has 0 fully saturated rings. The summed E-state index contributed by atoms with van der Waals surface area (Å²) in [4.78, 5) is 28.8. The fraction of sp³-hybridized carbons (Fsp3) is 0.310. The third kappa shape index (κ3) is 8.38. The predicted octanol–water partition coefficient (Wildman–Crippen LogP) is 6.34. The van der Waals surface area contributed by atoms with Gasteiger partial charge in [0.05, 0.1) is 4.47 Å². The van der Waals surface area contributed by atoms with E-state index in [1.165, 1.54) is 0 Å². The van der Waals surface area contributed by atoms with Crippen molar-refractivity contribution in [3.05, 3.63) is 99.0 Å². The molecule has 36 heavy (non-hydrogen) atoms. The summed E-state index contributed by atoms with van der Waals surface area (Å²) < 4.78 is 6.50. The lowest BCUT2D eigenvalue weighted by Gasteiger charge is -2.33. The Balaban J connectivity index is 1.93. The SMILES string of the molecule is Cc1ccc(CN(C(=O)COc2ccc(Cl)cc2Br)[C@@H](Cc2ccccc2)C(=O)NC(C)(C)C)cc1. The van der Waals surface area contributed by atoms with E-state index in [1.807, 2.05) is 82.3 Å². The van der Waals surface area contributed by atoms with Gasteiger partial charge in [-0.2, -0.15) is 0 Å². The molecule has 2 amide bonds. The third-order valence-electron chi connectivity index (χ3n) is 5.49. The highest BCUT2D eigenvalue weighted by Gasteiger charge is 2.32. The molecule has 0 saturated carbocycles. The summed E-state index contributed by atoms with van der Waals surface area (Å²) in [6.45, 7) is 7.85. The van der Waals surface area contributed by atoms with E-state index in [2.05, 4.69) is 21.2 Å². The van der Waals surface area contributed by atoms with Crippen LogP contribution in [0.25, 0.3) is 0 Å². The molecule has 0 unspecified atom stereocenters. The Kier molecular flexibility index (Phi) is 9.57. The number of carbonyl (C=O) groups is 2. The Morgan fingerprint density at radius 3 is 2.28 bits per heavy atom. The van der Waals surface area contributed by atoms with Crippen LogP contribution >= 0.6 is 27.5 Å². The van der Waals surface area contributed by atoms with Crippen molar-refractivity contribution in [3.8, 4) is 5.75 Å². The molecule has 0 aliphatic rings. The monoisotopic (exact) mass is 570 g/mol. The first-order chi connectivity index (χ1) is 17.0. The van der Waals surface area contributed by atoms with Crippen molar-refractivity contribution in [2.45, 2.75) is 52.2 Å². The predicted molar refractivity (Wildman–Crippen MR) is 148 cm³/mol. The molecule has 3 aromatic carbocycles. The fourth-order valence-corrected chi connectivity index (χ4v) is 4.51. The van der Waals surface area contributed by atoms with Crippen LogP contribution in [0.4, 0.5) is 0 Å². The van der Waals surface area contributed by atoms with E-state index in [-0.39, 0.29) is 25.0 Å². The molecule has 5 nitrogen and oxygen atoms in total. The lowest BCUT2D eigenvalue weighted by Crippen LogP contribution is -2.55. The van der Waals surface area contributed by atoms with Crippen molar-refractivity contribution in [1.82, 2.24) is 10.2 Å². The second-order valence-electron chi connectivity index (χ2n) is 9.82. The smallest absolute Gasteiger partial charge is 0.261 e. The molecule has 190 valence electrons. The van der Waals surface area contributed by atoms with Crippen molar-refractivity contribution in [2.24, 2.45) is 0 Å². The third-order valence-corrected chi connectivity index (χ3v) is 6.34. The van der Waals surface area contributed by atoms with Crippen LogP contribution in [0, 0.1) is 6.92 Å². The molecular weight excluding hydrogens is 540 g/mol. The van der Waals surface area contributed by atoms with Gasteiger partial charge in [-0.3, -0.25) is 9.59 Å². The summed E-state index contributed by atoms with van der Waals surface area (Å²) in [5, 5.41) is 3.62. The first-order valence-electron chi connectivity index (χ1n) is 11.8. The van der Waals surface area contributed by atoms with Crippen LogP contribution < -0.4 is 10.1 Å². The number of nitrogens with zero attached hydrogens (tertiary/aromatic N) is 1. The summed E-state index contributed by atoms with van der Waals surface area (Å²) in [6, 6.07) is 22.1. The maximum atomic E-state index is 13.6. The standard InChI is InChI=1S/C29H32BrClN2O3/c1-20-10-12-22(13-11-20)18-33(27(34)19-36-26-15-14-23(31)17-24(26)30)25(28(35)32-29(2,3)4)16-21-8-6-5-7-9-21/h5-15,17,25H,16,18-19H2,1-4H3,(H,32,35)/t25-/m0/s1. The van der Waals surface area contributed by atoms with Crippen LogP contribution in [0.5, 0.6) is 5.75 Å². The quantitative estimate of drug-likeness (QED) is 0.326. The Morgan fingerprint density at radius 1 is 1.00 bits per heavy atom. The van der Waals surface area contributed by atoms with Crippen LogP contribution in [0.2, 0.25) is 5.02 Å². The normalized spacial score (nSPS) is 12.1. The molecule has 0 aromatic heterocycles. The molecule has 0 heterocycles. The average molecular weight is 572 g/mol. The number of carbonyl (C=O) groups excluding carboxylic acids is 2. The maximum Gasteiger partial charge on any atom is 0.261 e. The molecule has 7 heteroatoms. The summed E-state index contributed by atoms with van der Waals surface area (Å²) in [7, 11) is 0. The molecule has 3 rings (SSSR count). The average Bonchev–Trinajstić information content (AvgIpc) is 2.81. The molecule has 0 aliphatic heterocycles. The van der Waals surface area contributed by atoms with Gasteiger partial charge in [-0.1, -0.05) is 71.8 Å². The largest absolute Gasteiger partial charge is 0.483 e. The summed E-state index contributed by atoms with van der Waals surface area (Å²) in [5.74, 6) is 0.00342. The van der Waals surface area contributed by atoms with Crippen LogP contribution in [0.15, 0.2) is 77.3 Å². The van der Waals surface area contributed by atoms with Crippen molar-refractivity contribution in [1.29, 1.82) is 0 Å². The van der Waals surface area contributed by atoms with E-state index in [1.54, 1.807) is 23.1 Å². The lowest BCUT2D eigenvalue weighted by atomic mass is 10.0. The number of ether oxygens (including phenoxy) is 1. The van der Waals surface area contributed by atoms with Gasteiger partial charge in [0, 0.05) is 23.5 Å². The maximum absolute atomic E-state index is 13.6. The Hall–Kier alpha value is -2.83. The zero-order valence-corrected chi connectivity index (χ0v) is 23.4. The van der Waals surface area contributed by atoms with Gasteiger partial charge in [0.15, 0.2) is 6.61 Å². The van der Waals surface area contributed by atoms with E-state index >= 15 is 0 Å². The first-order valence-corrected chi connectivity index (χ1v) is 13.0. The van der Waals surface area contributed by atoms with Gasteiger partial charge in [-0.15, -0.1) is 0 Å². The number of hydrogen-bond donors (Lipinski definition) is 1. The van der Waals surface area contributed by atoms with E-state index < -0.39 is 11.6 Å². The minimum atomic E-state index is -0.724. The highest BCUT2D eigenvalue weighted by atomic mass is 79.9. The van der Waals surface area contributed by atoms with Crippen molar-refractivity contribution >= 4 is 39.3 Å². The van der Waals surface area contributed by atoms with Crippen LogP contribution in [-0.4, -0.2) is 34.9 Å². The molecule has 0 bridgehead atoms. The molecule has 0 radical (unpaired) electrons. The minimum Gasteiger partial charge on any atom is -0.483 e. The summed E-state index contributed by atoms with van der Waals surface area (Å²) >= 11 is 9.46. The second kappa shape index (κ2) is 12.4. The van der Waals surface area contributed by atoms with Gasteiger partial charge in [-0.25, -0.2) is 0 Å². The number of amides is 2. The minimum absolute atomic E-state index is 0.209. The van der Waals surface area contributed by atoms with E-state index in [4.69, 9.17) is 16.3 Å². The van der Waals surface area contributed by atoms with Crippen molar-refractivity contribution < 1.29 is 14.3 Å². The van der Waals surface area contributed by atoms with Crippen LogP contribution in [-0.2, 0) is 22.6 Å². The van der Waals surface area contributed by atoms with Gasteiger partial charge in [-0.05, 0) is 73.0 Å². The van der Waals surface area contributed by atoms with E-state index in [0.717, 1.165) is 16.7 Å². The molecule has 0 aliphatic carbocycles. The number of rotatable bonds is 9. The number of aryl methyl sites for hydroxylation is 1. The number of benzene rings is 3. The second-order valence-corrected chi connectivity index (χ2v) is 11.1. The highest BCUT2D eigenvalue weighted by molar-refractivity contribution is 9.10. The molecule has 0 saturated heterocycles. The summed E-state index contributed by atoms with van der Waals surface area (Å²) in [6.07, 6.45) is 0.380. The van der Waals surface area contributed by atoms with Gasteiger partial charge in [0.1, 0.15) is 11.8 Å². The summed E-state index contributed by atoms with van der Waals surface area (Å²) in [5.41, 5.74) is 2.58. The lowest BCUT2D eigenvalue weighted by molar-refractivity contribution is -0.143. The van der Waals surface area contributed by atoms with Crippen LogP contribution in [0.3, 0.4) is 0 Å². The molecule has 1 atom stereocenters. The van der Waals surface area contributed by atoms with Gasteiger partial charge >= 0.3 is 0 Å². The van der Waals surface area contributed by atoms with Gasteiger partial charge in [0.2, 0.25) is 5.91 Å². The molecule has 1 N–H and O–H groups in total. The van der Waals surface area contributed by atoms with Gasteiger partial charge < -0.3 is 15.0 Å². The number of nitrogens with one attached hydrogen (secondary N) is 1. The Labute approximate surface area is 226 Å². The molecule has 0 spiro atoms. The highest BCUT2D eigenvalue weighted by Crippen LogP contribution is 2.28. The fourth-order valence-electron chi connectivity index (χ4n) is 3.71. The zero-order chi connectivity index (χ0) is 26.3. The Bertz CT molecular complexity index is 1180. The van der Waals surface area contributed by atoms with Crippen molar-refractivity contribution in [3.63, 3.8) is 0 Å². The Morgan fingerprint density at radius 2 is 1.67 bits per heavy atom. The number of hydrogen-bond acceptors (Lipinski definition) is 3. The van der Waals surface area contributed by atoms with Crippen LogP contribution in [0.1, 0.15) is 37.5 Å². The van der Waals surface area contributed by atoms with E-state index in [0.29, 0.717) is 21.7 Å². The topological polar surface area (TPSA) is 58.6 Å². The van der Waals surface area contributed by atoms with E-state index in [9.17, 15) is 9.59 Å². The van der Waals surface area contributed by atoms with Crippen molar-refractivity contribution in [2.75, 3.05) is 6.61 Å².